The fourth-order valence-corrected chi connectivity index (χ4v) is 1.52. The average molecular weight is 217 g/mol. The van der Waals surface area contributed by atoms with Crippen LogP contribution in [0.3, 0.4) is 0 Å². The Bertz CT molecular complexity index is 420. The molecule has 1 heterocycles. The van der Waals surface area contributed by atoms with Crippen LogP contribution in [0, 0.1) is 0 Å². The van der Waals surface area contributed by atoms with Gasteiger partial charge in [0.15, 0.2) is 0 Å². The van der Waals surface area contributed by atoms with Crippen LogP contribution in [0.1, 0.15) is 18.9 Å². The second kappa shape index (κ2) is 4.85. The van der Waals surface area contributed by atoms with Crippen molar-refractivity contribution in [1.82, 2.24) is 20.6 Å². The lowest BCUT2D eigenvalue weighted by molar-refractivity contribution is 0.646. The monoisotopic (exact) mass is 217 g/mol. The fourth-order valence-electron chi connectivity index (χ4n) is 1.52. The van der Waals surface area contributed by atoms with Gasteiger partial charge < -0.3 is 5.73 Å². The van der Waals surface area contributed by atoms with Gasteiger partial charge in [0.05, 0.1) is 0 Å². The van der Waals surface area contributed by atoms with E-state index in [2.05, 4.69) is 39.7 Å². The molecule has 5 nitrogen and oxygen atoms in total. The molecule has 2 aromatic rings. The Hall–Kier alpha value is -1.75. The van der Waals surface area contributed by atoms with Crippen LogP contribution in [0.25, 0.3) is 11.4 Å². The number of nitrogens with two attached hydrogens (primary N) is 1. The van der Waals surface area contributed by atoms with Crippen molar-refractivity contribution in [1.29, 1.82) is 0 Å². The molecule has 0 saturated carbocycles. The summed E-state index contributed by atoms with van der Waals surface area (Å²) in [5.41, 5.74) is 8.10. The molecule has 0 unspecified atom stereocenters. The standard InChI is InChI=1S/C11H15N5/c1-2-10(12)7-8-3-5-9(6-4-8)11-13-15-16-14-11/h3-6,10H,2,7,12H2,1H3,(H,13,14,15,16)/t10-/m1/s1. The van der Waals surface area contributed by atoms with Gasteiger partial charge in [-0.25, -0.2) is 0 Å². The lowest BCUT2D eigenvalue weighted by Gasteiger charge is -2.08. The second-order valence-electron chi connectivity index (χ2n) is 3.80. The van der Waals surface area contributed by atoms with E-state index in [1.807, 2.05) is 12.1 Å². The van der Waals surface area contributed by atoms with Gasteiger partial charge in [-0.3, -0.25) is 0 Å². The minimum absolute atomic E-state index is 0.232. The third-order valence-electron chi connectivity index (χ3n) is 2.58. The van der Waals surface area contributed by atoms with Crippen molar-refractivity contribution < 1.29 is 0 Å². The zero-order valence-electron chi connectivity index (χ0n) is 9.22. The van der Waals surface area contributed by atoms with Crippen molar-refractivity contribution in [2.24, 2.45) is 5.73 Å². The molecular formula is C11H15N5. The Balaban J connectivity index is 2.11. The summed E-state index contributed by atoms with van der Waals surface area (Å²) in [5, 5.41) is 13.8. The van der Waals surface area contributed by atoms with Crippen molar-refractivity contribution in [3.8, 4) is 11.4 Å². The van der Waals surface area contributed by atoms with Crippen LogP contribution in [0.15, 0.2) is 24.3 Å². The number of rotatable bonds is 4. The maximum absolute atomic E-state index is 5.90. The first-order chi connectivity index (χ1) is 7.79. The number of H-pyrrole nitrogens is 1. The van der Waals surface area contributed by atoms with Crippen LogP contribution in [0.4, 0.5) is 0 Å². The number of nitrogens with zero attached hydrogens (tertiary/aromatic N) is 3. The SMILES string of the molecule is CC[C@@H](N)Cc1ccc(-c2nn[nH]n2)cc1. The highest BCUT2D eigenvalue weighted by Crippen LogP contribution is 2.14. The summed E-state index contributed by atoms with van der Waals surface area (Å²) in [6.07, 6.45) is 1.90. The second-order valence-corrected chi connectivity index (χ2v) is 3.80. The number of nitrogens with one attached hydrogen (secondary N) is 1. The summed E-state index contributed by atoms with van der Waals surface area (Å²) in [4.78, 5) is 0. The van der Waals surface area contributed by atoms with Crippen molar-refractivity contribution in [3.63, 3.8) is 0 Å². The van der Waals surface area contributed by atoms with Gasteiger partial charge in [-0.1, -0.05) is 31.2 Å². The summed E-state index contributed by atoms with van der Waals surface area (Å²) in [6.45, 7) is 2.10. The smallest absolute Gasteiger partial charge is 0.204 e. The zero-order chi connectivity index (χ0) is 11.4. The van der Waals surface area contributed by atoms with Crippen LogP contribution in [-0.4, -0.2) is 26.7 Å². The topological polar surface area (TPSA) is 80.5 Å². The van der Waals surface area contributed by atoms with E-state index in [0.717, 1.165) is 18.4 Å². The number of benzene rings is 1. The molecule has 84 valence electrons. The van der Waals surface area contributed by atoms with E-state index in [4.69, 9.17) is 5.73 Å². The van der Waals surface area contributed by atoms with E-state index in [9.17, 15) is 0 Å². The van der Waals surface area contributed by atoms with Crippen LogP contribution < -0.4 is 5.73 Å². The van der Waals surface area contributed by atoms with Crippen molar-refractivity contribution >= 4 is 0 Å². The summed E-state index contributed by atoms with van der Waals surface area (Å²) in [6, 6.07) is 8.32. The van der Waals surface area contributed by atoms with Gasteiger partial charge in [0.1, 0.15) is 0 Å². The molecule has 0 aliphatic carbocycles. The van der Waals surface area contributed by atoms with Gasteiger partial charge in [-0.15, -0.1) is 10.2 Å². The summed E-state index contributed by atoms with van der Waals surface area (Å²) >= 11 is 0. The third-order valence-corrected chi connectivity index (χ3v) is 2.58. The van der Waals surface area contributed by atoms with Gasteiger partial charge in [0.25, 0.3) is 0 Å². The van der Waals surface area contributed by atoms with Crippen LogP contribution in [0.5, 0.6) is 0 Å². The lowest BCUT2D eigenvalue weighted by Crippen LogP contribution is -2.21. The fraction of sp³-hybridized carbons (Fsp3) is 0.364. The molecule has 16 heavy (non-hydrogen) atoms. The summed E-state index contributed by atoms with van der Waals surface area (Å²) < 4.78 is 0. The molecule has 0 fully saturated rings. The van der Waals surface area contributed by atoms with Gasteiger partial charge in [-0.05, 0) is 23.6 Å². The minimum atomic E-state index is 0.232. The molecule has 0 aliphatic heterocycles. The van der Waals surface area contributed by atoms with E-state index < -0.39 is 0 Å². The molecule has 0 aliphatic rings. The predicted molar refractivity (Wildman–Crippen MR) is 61.6 cm³/mol. The van der Waals surface area contributed by atoms with E-state index in [1.54, 1.807) is 0 Å². The van der Waals surface area contributed by atoms with Crippen molar-refractivity contribution in [2.45, 2.75) is 25.8 Å². The molecule has 1 atom stereocenters. The average Bonchev–Trinajstić information content (AvgIpc) is 2.83. The molecule has 2 rings (SSSR count). The van der Waals surface area contributed by atoms with E-state index in [-0.39, 0.29) is 6.04 Å². The quantitative estimate of drug-likeness (QED) is 0.805. The summed E-state index contributed by atoms with van der Waals surface area (Å²) in [5.74, 6) is 0.617. The molecular weight excluding hydrogens is 202 g/mol. The van der Waals surface area contributed by atoms with Gasteiger partial charge in [0.2, 0.25) is 5.82 Å². The van der Waals surface area contributed by atoms with Crippen LogP contribution in [0.2, 0.25) is 0 Å². The van der Waals surface area contributed by atoms with Crippen LogP contribution in [-0.2, 0) is 6.42 Å². The molecule has 1 aromatic carbocycles. The highest BCUT2D eigenvalue weighted by molar-refractivity contribution is 5.54. The molecule has 3 N–H and O–H groups in total. The number of hydrogen-bond donors (Lipinski definition) is 2. The number of aromatic amines is 1. The van der Waals surface area contributed by atoms with Crippen LogP contribution >= 0.6 is 0 Å². The lowest BCUT2D eigenvalue weighted by atomic mass is 10.0. The van der Waals surface area contributed by atoms with Gasteiger partial charge in [-0.2, -0.15) is 5.21 Å². The minimum Gasteiger partial charge on any atom is -0.327 e. The van der Waals surface area contributed by atoms with E-state index in [0.29, 0.717) is 5.82 Å². The first-order valence-corrected chi connectivity index (χ1v) is 5.38. The number of hydrogen-bond acceptors (Lipinski definition) is 4. The molecule has 1 aromatic heterocycles. The van der Waals surface area contributed by atoms with Crippen molar-refractivity contribution in [3.05, 3.63) is 29.8 Å². The molecule has 0 bridgehead atoms. The van der Waals surface area contributed by atoms with Gasteiger partial charge >= 0.3 is 0 Å². The maximum Gasteiger partial charge on any atom is 0.204 e. The highest BCUT2D eigenvalue weighted by atomic mass is 15.5. The number of tetrazole rings is 1. The van der Waals surface area contributed by atoms with Crippen molar-refractivity contribution in [2.75, 3.05) is 0 Å². The predicted octanol–water partition coefficient (Wildman–Crippen LogP) is 1.15. The molecule has 0 amide bonds. The Morgan fingerprint density at radius 2 is 2.06 bits per heavy atom. The van der Waals surface area contributed by atoms with E-state index >= 15 is 0 Å². The van der Waals surface area contributed by atoms with Gasteiger partial charge in [0, 0.05) is 11.6 Å². The molecule has 0 spiro atoms. The maximum atomic E-state index is 5.90. The molecule has 5 heteroatoms. The first kappa shape index (κ1) is 10.8. The first-order valence-electron chi connectivity index (χ1n) is 5.38. The number of aromatic nitrogens is 4. The Kier molecular flexibility index (Phi) is 3.26. The Morgan fingerprint density at radius 1 is 1.31 bits per heavy atom. The molecule has 0 saturated heterocycles. The van der Waals surface area contributed by atoms with E-state index in [1.165, 1.54) is 5.56 Å². The largest absolute Gasteiger partial charge is 0.327 e. The Labute approximate surface area is 94.1 Å². The Morgan fingerprint density at radius 3 is 2.62 bits per heavy atom. The zero-order valence-corrected chi connectivity index (χ0v) is 9.22. The highest BCUT2D eigenvalue weighted by Gasteiger charge is 2.04. The normalized spacial score (nSPS) is 12.6. The summed E-state index contributed by atoms with van der Waals surface area (Å²) in [7, 11) is 0. The molecule has 0 radical (unpaired) electrons. The third kappa shape index (κ3) is 2.43.